The van der Waals surface area contributed by atoms with Gasteiger partial charge < -0.3 is 24.2 Å². The summed E-state index contributed by atoms with van der Waals surface area (Å²) in [4.78, 5) is 28.5. The van der Waals surface area contributed by atoms with Gasteiger partial charge in [-0.25, -0.2) is 4.79 Å². The molecule has 8 nitrogen and oxygen atoms in total. The molecule has 0 spiro atoms. The van der Waals surface area contributed by atoms with E-state index in [0.717, 1.165) is 25.9 Å². The third kappa shape index (κ3) is 3.79. The second-order valence-electron chi connectivity index (χ2n) is 7.54. The van der Waals surface area contributed by atoms with E-state index >= 15 is 0 Å². The molecule has 0 unspecified atom stereocenters. The van der Waals surface area contributed by atoms with Gasteiger partial charge in [0.2, 0.25) is 5.91 Å². The molecule has 29 heavy (non-hydrogen) atoms. The van der Waals surface area contributed by atoms with Crippen molar-refractivity contribution < 1.29 is 24.0 Å². The maximum Gasteiger partial charge on any atom is 0.343 e. The quantitative estimate of drug-likeness (QED) is 0.826. The number of carboxylic acid groups (broad SMARTS) is 1. The summed E-state index contributed by atoms with van der Waals surface area (Å²) >= 11 is 0. The Hall–Kier alpha value is -3.03. The number of aromatic carboxylic acids is 1. The van der Waals surface area contributed by atoms with Gasteiger partial charge in [-0.1, -0.05) is 5.16 Å². The molecule has 154 valence electrons. The lowest BCUT2D eigenvalue weighted by atomic mass is 9.95. The highest BCUT2D eigenvalue weighted by atomic mass is 16.5. The van der Waals surface area contributed by atoms with E-state index in [9.17, 15) is 14.7 Å². The Balaban J connectivity index is 1.51. The number of piperidine rings is 1. The molecule has 0 atom stereocenters. The zero-order valence-corrected chi connectivity index (χ0v) is 16.5. The molecule has 0 radical (unpaired) electrons. The Morgan fingerprint density at radius 1 is 1.10 bits per heavy atom. The van der Waals surface area contributed by atoms with Gasteiger partial charge in [-0.2, -0.15) is 0 Å². The van der Waals surface area contributed by atoms with Crippen LogP contribution in [0.2, 0.25) is 0 Å². The number of anilines is 1. The van der Waals surface area contributed by atoms with Crippen LogP contribution in [0.1, 0.15) is 36.0 Å². The summed E-state index contributed by atoms with van der Waals surface area (Å²) in [6.07, 6.45) is 3.55. The molecular weight excluding hydrogens is 374 g/mol. The molecule has 1 aromatic carbocycles. The first kappa shape index (κ1) is 19.3. The molecule has 2 aliphatic rings. The Labute approximate surface area is 169 Å². The molecule has 3 heterocycles. The van der Waals surface area contributed by atoms with Gasteiger partial charge in [0.1, 0.15) is 5.75 Å². The molecular formula is C21H25N3O5. The van der Waals surface area contributed by atoms with Gasteiger partial charge >= 0.3 is 5.97 Å². The van der Waals surface area contributed by atoms with Crippen molar-refractivity contribution in [1.29, 1.82) is 0 Å². The summed E-state index contributed by atoms with van der Waals surface area (Å²) < 4.78 is 10.6. The number of likely N-dealkylation sites (tertiary alicyclic amines) is 1. The van der Waals surface area contributed by atoms with Crippen LogP contribution < -0.4 is 9.64 Å². The normalized spacial score (nSPS) is 17.6. The predicted molar refractivity (Wildman–Crippen MR) is 106 cm³/mol. The molecule has 0 saturated carbocycles. The van der Waals surface area contributed by atoms with E-state index in [1.165, 1.54) is 0 Å². The Bertz CT molecular complexity index is 878. The molecule has 0 bridgehead atoms. The molecule has 1 N–H and O–H groups in total. The van der Waals surface area contributed by atoms with Gasteiger partial charge in [0.15, 0.2) is 17.1 Å². The van der Waals surface area contributed by atoms with E-state index in [4.69, 9.17) is 9.26 Å². The van der Waals surface area contributed by atoms with Crippen molar-refractivity contribution in [2.75, 3.05) is 38.2 Å². The number of aromatic nitrogens is 1. The maximum atomic E-state index is 12.6. The minimum absolute atomic E-state index is 0.00517. The summed E-state index contributed by atoms with van der Waals surface area (Å²) in [5.74, 6) is 0.392. The number of ether oxygens (including phenoxy) is 1. The molecule has 4 rings (SSSR count). The van der Waals surface area contributed by atoms with Crippen LogP contribution in [0.3, 0.4) is 0 Å². The number of hydrogen-bond donors (Lipinski definition) is 1. The maximum absolute atomic E-state index is 12.6. The number of methoxy groups -OCH3 is 1. The molecule has 0 aliphatic carbocycles. The number of nitrogens with zero attached hydrogens (tertiary/aromatic N) is 3. The number of amides is 1. The fraction of sp³-hybridized carbons (Fsp3) is 0.476. The Morgan fingerprint density at radius 2 is 1.76 bits per heavy atom. The van der Waals surface area contributed by atoms with Gasteiger partial charge in [0.05, 0.1) is 7.11 Å². The highest BCUT2D eigenvalue weighted by molar-refractivity contribution is 5.99. The van der Waals surface area contributed by atoms with E-state index in [2.05, 4.69) is 5.16 Å². The van der Waals surface area contributed by atoms with E-state index in [-0.39, 0.29) is 23.1 Å². The standard InChI is InChI=1S/C21H25N3O5/c1-28-16-6-4-14(5-7-16)18-17(21(26)27)19(22-29-18)23-12-8-15(9-13-23)20(25)24-10-2-3-11-24/h4-7,15H,2-3,8-13H2,1H3,(H,26,27). The minimum Gasteiger partial charge on any atom is -0.497 e. The number of rotatable bonds is 5. The predicted octanol–water partition coefficient (Wildman–Crippen LogP) is 2.89. The fourth-order valence-corrected chi connectivity index (χ4v) is 4.16. The largest absolute Gasteiger partial charge is 0.497 e. The highest BCUT2D eigenvalue weighted by Crippen LogP contribution is 2.34. The van der Waals surface area contributed by atoms with Gasteiger partial charge in [-0.15, -0.1) is 0 Å². The number of carbonyl (C=O) groups is 2. The lowest BCUT2D eigenvalue weighted by Gasteiger charge is -2.33. The third-order valence-electron chi connectivity index (χ3n) is 5.80. The van der Waals surface area contributed by atoms with Crippen molar-refractivity contribution in [2.45, 2.75) is 25.7 Å². The zero-order chi connectivity index (χ0) is 20.4. The topological polar surface area (TPSA) is 96.1 Å². The van der Waals surface area contributed by atoms with Crippen molar-refractivity contribution in [3.05, 3.63) is 29.8 Å². The molecule has 1 amide bonds. The molecule has 2 saturated heterocycles. The van der Waals surface area contributed by atoms with Crippen LogP contribution >= 0.6 is 0 Å². The Morgan fingerprint density at radius 3 is 2.34 bits per heavy atom. The first-order chi connectivity index (χ1) is 14.1. The minimum atomic E-state index is -1.08. The third-order valence-corrected chi connectivity index (χ3v) is 5.80. The first-order valence-electron chi connectivity index (χ1n) is 9.99. The number of carbonyl (C=O) groups excluding carboxylic acids is 1. The van der Waals surface area contributed by atoms with Crippen molar-refractivity contribution in [1.82, 2.24) is 10.1 Å². The highest BCUT2D eigenvalue weighted by Gasteiger charge is 2.33. The van der Waals surface area contributed by atoms with Crippen molar-refractivity contribution in [3.8, 4) is 17.1 Å². The second-order valence-corrected chi connectivity index (χ2v) is 7.54. The van der Waals surface area contributed by atoms with Crippen LogP contribution in [-0.4, -0.2) is 60.3 Å². The van der Waals surface area contributed by atoms with Crippen LogP contribution in [-0.2, 0) is 4.79 Å². The number of carboxylic acids is 1. The molecule has 1 aromatic heterocycles. The van der Waals surface area contributed by atoms with Crippen molar-refractivity contribution >= 4 is 17.7 Å². The van der Waals surface area contributed by atoms with Crippen molar-refractivity contribution in [3.63, 3.8) is 0 Å². The SMILES string of the molecule is COc1ccc(-c2onc(N3CCC(C(=O)N4CCCC4)CC3)c2C(=O)O)cc1. The zero-order valence-electron chi connectivity index (χ0n) is 16.5. The second kappa shape index (κ2) is 8.14. The lowest BCUT2D eigenvalue weighted by Crippen LogP contribution is -2.42. The molecule has 8 heteroatoms. The average molecular weight is 399 g/mol. The summed E-state index contributed by atoms with van der Waals surface area (Å²) in [6, 6.07) is 6.99. The van der Waals surface area contributed by atoms with Crippen LogP contribution in [0.15, 0.2) is 28.8 Å². The summed E-state index contributed by atoms with van der Waals surface area (Å²) in [6.45, 7) is 2.88. The van der Waals surface area contributed by atoms with Gasteiger partial charge in [0, 0.05) is 37.7 Å². The van der Waals surface area contributed by atoms with E-state index in [0.29, 0.717) is 43.1 Å². The Kier molecular flexibility index (Phi) is 5.42. The van der Waals surface area contributed by atoms with Crippen LogP contribution in [0, 0.1) is 5.92 Å². The molecule has 2 aliphatic heterocycles. The smallest absolute Gasteiger partial charge is 0.343 e. The monoisotopic (exact) mass is 399 g/mol. The van der Waals surface area contributed by atoms with Crippen molar-refractivity contribution in [2.24, 2.45) is 5.92 Å². The fourth-order valence-electron chi connectivity index (χ4n) is 4.16. The number of hydrogen-bond acceptors (Lipinski definition) is 6. The average Bonchev–Trinajstić information content (AvgIpc) is 3.43. The van der Waals surface area contributed by atoms with Gasteiger partial charge in [-0.3, -0.25) is 4.79 Å². The van der Waals surface area contributed by atoms with Gasteiger partial charge in [-0.05, 0) is 49.9 Å². The van der Waals surface area contributed by atoms with Crippen LogP contribution in [0.5, 0.6) is 5.75 Å². The van der Waals surface area contributed by atoms with E-state index in [1.807, 2.05) is 9.80 Å². The summed E-state index contributed by atoms with van der Waals surface area (Å²) in [7, 11) is 1.57. The molecule has 2 fully saturated rings. The summed E-state index contributed by atoms with van der Waals surface area (Å²) in [5, 5.41) is 13.9. The number of benzene rings is 1. The molecule has 2 aromatic rings. The summed E-state index contributed by atoms with van der Waals surface area (Å²) in [5.41, 5.74) is 0.681. The van der Waals surface area contributed by atoms with Crippen LogP contribution in [0.4, 0.5) is 5.82 Å². The lowest BCUT2D eigenvalue weighted by molar-refractivity contribution is -0.135. The first-order valence-corrected chi connectivity index (χ1v) is 9.99. The van der Waals surface area contributed by atoms with Gasteiger partial charge in [0.25, 0.3) is 0 Å². The van der Waals surface area contributed by atoms with E-state index in [1.54, 1.807) is 31.4 Å². The van der Waals surface area contributed by atoms with Crippen LogP contribution in [0.25, 0.3) is 11.3 Å². The van der Waals surface area contributed by atoms with E-state index < -0.39 is 5.97 Å².